The van der Waals surface area contributed by atoms with Crippen molar-refractivity contribution < 1.29 is 236 Å². The monoisotopic (exact) mass is 632 g/mol. The van der Waals surface area contributed by atoms with E-state index in [4.69, 9.17) is 0 Å². The first-order chi connectivity index (χ1) is 6.74. The summed E-state index contributed by atoms with van der Waals surface area (Å²) in [5.74, 6) is 0. The molecule has 0 unspecified atom stereocenters. The van der Waals surface area contributed by atoms with Crippen LogP contribution < -0.4 is 236 Å². The summed E-state index contributed by atoms with van der Waals surface area (Å²) in [6.07, 6.45) is 0. The van der Waals surface area contributed by atoms with Crippen molar-refractivity contribution in [2.45, 2.75) is 0 Å². The van der Waals surface area contributed by atoms with E-state index in [0.717, 1.165) is 9.83 Å². The summed E-state index contributed by atoms with van der Waals surface area (Å²) in [5.41, 5.74) is 0. The van der Waals surface area contributed by atoms with Gasteiger partial charge in [0.25, 0.3) is 0 Å². The van der Waals surface area contributed by atoms with Crippen LogP contribution in [0.3, 0.4) is 0 Å². The SMILES string of the molecule is [Na+].[Na+].[Na+].[Na+].[Na+].[Na+].[Na+].[Na+].[S-]SSS[S-].[S-]SS[S-].[S-]S[S-].[S-][S-]. The average Bonchev–Trinajstić information content (AvgIpc) is 2.24. The van der Waals surface area contributed by atoms with Crippen LogP contribution >= 0.6 is 59.0 Å². The van der Waals surface area contributed by atoms with Crippen molar-refractivity contribution in [3.05, 3.63) is 0 Å². The molecule has 0 nitrogen and oxygen atoms in total. The standard InChI is InChI=1S/8Na.H2S5.H2S4.H2S3.S2/c;;;;;;;;1-3-5-4-2;1-3-4-2;1-3-2;1-2/h;;;;;;;;1-2H;1-2H;1-2H;/q8*+1;;;;-2/p-6. The van der Waals surface area contributed by atoms with Crippen LogP contribution in [0.15, 0.2) is 0 Å². The molecule has 22 heteroatoms. The van der Waals surface area contributed by atoms with Gasteiger partial charge in [0.05, 0.1) is 0 Å². The van der Waals surface area contributed by atoms with Gasteiger partial charge in [-0.3, -0.25) is 39.3 Å². The molecule has 92 valence electrons. The maximum atomic E-state index is 4.44. The first-order valence-electron chi connectivity index (χ1n) is 1.67. The second-order valence-corrected chi connectivity index (χ2v) is 11.0. The molecule has 0 saturated heterocycles. The second kappa shape index (κ2) is 103. The van der Waals surface area contributed by atoms with Crippen molar-refractivity contribution in [2.24, 2.45) is 0 Å². The zero-order valence-electron chi connectivity index (χ0n) is 13.7. The van der Waals surface area contributed by atoms with E-state index >= 15 is 0 Å². The third-order valence-electron chi connectivity index (χ3n) is 0.0833. The van der Waals surface area contributed by atoms with E-state index < -0.39 is 0 Å². The molecule has 0 aliphatic carbocycles. The first-order valence-corrected chi connectivity index (χ1v) is 15.0. The van der Waals surface area contributed by atoms with E-state index in [9.17, 15) is 0 Å². The summed E-state index contributed by atoms with van der Waals surface area (Å²) in [6, 6.07) is 0. The molecule has 0 amide bonds. The maximum Gasteiger partial charge on any atom is 1.00 e. The molecule has 0 radical (unpaired) electrons. The molecule has 0 aromatic heterocycles. The smallest absolute Gasteiger partial charge is 1.00 e. The zero-order chi connectivity index (χ0) is 12.2. The third kappa shape index (κ3) is 132. The number of hydrogen-bond donors (Lipinski definition) is 0. The largest absolute Gasteiger partial charge is 1.00 e. The summed E-state index contributed by atoms with van der Waals surface area (Å²) in [6.45, 7) is 0. The van der Waals surface area contributed by atoms with Gasteiger partial charge in [0, 0.05) is 0 Å². The predicted octanol–water partition coefficient (Wildman–Crippen LogP) is -20.1. The summed E-state index contributed by atoms with van der Waals surface area (Å²) in [7, 11) is 7.21. The van der Waals surface area contributed by atoms with Crippen LogP contribution in [0.1, 0.15) is 0 Å². The summed E-state index contributed by atoms with van der Waals surface area (Å²) in [5, 5.41) is 0. The van der Waals surface area contributed by atoms with Gasteiger partial charge < -0.3 is 103 Å². The molecule has 0 spiro atoms. The number of rotatable bonds is 3. The Labute approximate surface area is 377 Å². The van der Waals surface area contributed by atoms with E-state index in [-0.39, 0.29) is 236 Å². The van der Waals surface area contributed by atoms with Gasteiger partial charge >= 0.3 is 236 Å². The van der Waals surface area contributed by atoms with Gasteiger partial charge in [-0.05, 0) is 0 Å². The molecule has 0 bridgehead atoms. The van der Waals surface area contributed by atoms with Gasteiger partial charge in [0.2, 0.25) is 0 Å². The summed E-state index contributed by atoms with van der Waals surface area (Å²) < 4.78 is 0. The molecule has 0 aromatic rings. The fourth-order valence-corrected chi connectivity index (χ4v) is 2.76. The molecular weight excluding hydrogens is 633 g/mol. The van der Waals surface area contributed by atoms with Gasteiger partial charge in [-0.1, -0.05) is 9.83 Å². The van der Waals surface area contributed by atoms with Crippen molar-refractivity contribution in [3.8, 4) is 0 Å². The van der Waals surface area contributed by atoms with Crippen molar-refractivity contribution in [1.82, 2.24) is 0 Å². The molecule has 0 fully saturated rings. The zero-order valence-corrected chi connectivity index (χ0v) is 41.1. The summed E-state index contributed by atoms with van der Waals surface area (Å²) in [4.78, 5) is 0. The molecule has 0 aliphatic rings. The molecule has 0 aromatic carbocycles. The Morgan fingerprint density at radius 3 is 0.500 bits per heavy atom. The fourth-order valence-electron chi connectivity index (χ4n) is 0.0113. The topological polar surface area (TPSA) is 0 Å². The molecule has 0 saturated carbocycles. The summed E-state index contributed by atoms with van der Waals surface area (Å²) >= 11 is 33.1. The third-order valence-corrected chi connectivity index (χ3v) is 6.75. The molecule has 0 N–H and O–H groups in total. The van der Waals surface area contributed by atoms with E-state index in [1.54, 1.807) is 0 Å². The van der Waals surface area contributed by atoms with Crippen LogP contribution in [0.4, 0.5) is 0 Å². The van der Waals surface area contributed by atoms with Crippen LogP contribution in [-0.4, -0.2) is 0 Å². The normalized spacial score (nSPS) is 4.36. The minimum absolute atomic E-state index is 0. The first kappa shape index (κ1) is 76.5. The van der Waals surface area contributed by atoms with Crippen LogP contribution in [0.25, 0.3) is 0 Å². The quantitative estimate of drug-likeness (QED) is 0.164. The van der Waals surface area contributed by atoms with Gasteiger partial charge in [-0.25, -0.2) is 0 Å². The van der Waals surface area contributed by atoms with Gasteiger partial charge in [0.15, 0.2) is 0 Å². The van der Waals surface area contributed by atoms with Gasteiger partial charge in [0.1, 0.15) is 0 Å². The number of hydrogen-bond acceptors (Lipinski definition) is 14. The Morgan fingerprint density at radius 1 is 0.364 bits per heavy atom. The van der Waals surface area contributed by atoms with Crippen molar-refractivity contribution >= 4 is 152 Å². The minimum atomic E-state index is 0. The minimum Gasteiger partial charge on any atom is -1.00 e. The van der Waals surface area contributed by atoms with E-state index in [1.165, 1.54) is 49.1 Å². The van der Waals surface area contributed by atoms with E-state index in [1.807, 2.05) is 0 Å². The fraction of sp³-hybridized carbons (Fsp3) is 0. The Bertz CT molecular complexity index is 47.8. The van der Waals surface area contributed by atoms with Crippen molar-refractivity contribution in [1.29, 1.82) is 0 Å². The average molecular weight is 633 g/mol. The van der Waals surface area contributed by atoms with Crippen LogP contribution in [-0.2, 0) is 93.3 Å². The second-order valence-electron chi connectivity index (χ2n) is 0.408. The molecule has 0 aliphatic heterocycles. The Hall–Kier alpha value is 12.9. The molecule has 0 rings (SSSR count). The van der Waals surface area contributed by atoms with E-state index in [2.05, 4.69) is 93.3 Å². The van der Waals surface area contributed by atoms with Crippen LogP contribution in [0, 0.1) is 0 Å². The molecule has 0 atom stereocenters. The maximum absolute atomic E-state index is 4.44. The van der Waals surface area contributed by atoms with Gasteiger partial charge in [-0.2, -0.15) is 0 Å². The molecule has 22 heavy (non-hydrogen) atoms. The molecular formula is Na8S14. The Kier molecular flexibility index (Phi) is 357. The van der Waals surface area contributed by atoms with Crippen LogP contribution in [0.5, 0.6) is 0 Å². The van der Waals surface area contributed by atoms with Gasteiger partial charge in [-0.15, -0.1) is 0 Å². The Morgan fingerprint density at radius 2 is 0.500 bits per heavy atom. The molecule has 0 heterocycles. The van der Waals surface area contributed by atoms with Crippen LogP contribution in [0.2, 0.25) is 0 Å². The predicted molar refractivity (Wildman–Crippen MR) is 104 cm³/mol. The van der Waals surface area contributed by atoms with E-state index in [0.29, 0.717) is 0 Å². The Balaban J connectivity index is -0.00000000557. The van der Waals surface area contributed by atoms with Crippen molar-refractivity contribution in [2.75, 3.05) is 0 Å². The van der Waals surface area contributed by atoms with Crippen molar-refractivity contribution in [3.63, 3.8) is 0 Å².